The van der Waals surface area contributed by atoms with Gasteiger partial charge in [-0.25, -0.2) is 17.6 Å². The number of nitrogens with one attached hydrogen (secondary N) is 1. The van der Waals surface area contributed by atoms with Gasteiger partial charge in [0.1, 0.15) is 11.9 Å². The first-order valence-electron chi connectivity index (χ1n) is 18.6. The van der Waals surface area contributed by atoms with E-state index in [-0.39, 0.29) is 44.3 Å². The molecule has 280 valence electrons. The highest BCUT2D eigenvalue weighted by atomic mass is 32.2. The minimum absolute atomic E-state index is 0.0106. The lowest BCUT2D eigenvalue weighted by molar-refractivity contribution is -0.142. The molecule has 3 aliphatic heterocycles. The summed E-state index contributed by atoms with van der Waals surface area (Å²) in [6.07, 6.45) is 7.43. The van der Waals surface area contributed by atoms with Crippen LogP contribution in [0, 0.1) is 34.4 Å². The number of nitriles is 1. The van der Waals surface area contributed by atoms with Gasteiger partial charge in [0.05, 0.1) is 40.9 Å². The number of halogens is 1. The maximum absolute atomic E-state index is 14.6. The van der Waals surface area contributed by atoms with Crippen LogP contribution in [0.25, 0.3) is 0 Å². The number of Topliss-reactive ketones (excluding diaryl/α,β-unsaturated/α-hetero) is 1. The van der Waals surface area contributed by atoms with E-state index in [1.165, 1.54) is 15.9 Å². The number of nitrogens with zero attached hydrogens (tertiary/aromatic N) is 3. The Kier molecular flexibility index (Phi) is 9.95. The molecule has 0 unspecified atom stereocenters. The zero-order valence-electron chi connectivity index (χ0n) is 29.9. The van der Waals surface area contributed by atoms with E-state index in [1.807, 2.05) is 18.2 Å². The fourth-order valence-corrected chi connectivity index (χ4v) is 9.53. The first-order chi connectivity index (χ1) is 25.3. The van der Waals surface area contributed by atoms with Gasteiger partial charge < -0.3 is 9.64 Å². The van der Waals surface area contributed by atoms with E-state index in [0.29, 0.717) is 48.8 Å². The summed E-state index contributed by atoms with van der Waals surface area (Å²) in [5.41, 5.74) is 1.12. The van der Waals surface area contributed by atoms with E-state index >= 15 is 0 Å². The Hall–Kier alpha value is -4.57. The second kappa shape index (κ2) is 14.3. The molecule has 13 heteroatoms. The van der Waals surface area contributed by atoms with Gasteiger partial charge >= 0.3 is 6.09 Å². The van der Waals surface area contributed by atoms with Crippen molar-refractivity contribution in [2.24, 2.45) is 17.3 Å². The molecule has 11 nitrogen and oxygen atoms in total. The second-order valence-corrected chi connectivity index (χ2v) is 18.0. The lowest BCUT2D eigenvalue weighted by atomic mass is 9.89. The van der Waals surface area contributed by atoms with Crippen molar-refractivity contribution in [2.75, 3.05) is 6.54 Å². The molecular weight excluding hydrogens is 700 g/mol. The predicted octanol–water partition coefficient (Wildman–Crippen LogP) is 5.46. The highest BCUT2D eigenvalue weighted by Crippen LogP contribution is 2.57. The number of fused-ring (bicyclic) bond motifs is 3. The number of hydrogen-bond donors (Lipinski definition) is 1. The third kappa shape index (κ3) is 7.48. The summed E-state index contributed by atoms with van der Waals surface area (Å²) in [5.74, 6) is -2.64. The minimum atomic E-state index is -3.96. The highest BCUT2D eigenvalue weighted by molar-refractivity contribution is 7.91. The van der Waals surface area contributed by atoms with Gasteiger partial charge in [-0.05, 0) is 87.1 Å². The van der Waals surface area contributed by atoms with Crippen LogP contribution in [-0.2, 0) is 48.7 Å². The lowest BCUT2D eigenvalue weighted by Gasteiger charge is -2.29. The summed E-state index contributed by atoms with van der Waals surface area (Å²) >= 11 is 0. The summed E-state index contributed by atoms with van der Waals surface area (Å²) in [7, 11) is -3.96. The minimum Gasteiger partial charge on any atom is -0.444 e. The Morgan fingerprint density at radius 1 is 1.09 bits per heavy atom. The zero-order valence-corrected chi connectivity index (χ0v) is 30.7. The van der Waals surface area contributed by atoms with Crippen LogP contribution in [0.1, 0.15) is 93.4 Å². The van der Waals surface area contributed by atoms with Crippen LogP contribution in [0.15, 0.2) is 54.6 Å². The molecule has 1 saturated heterocycles. The summed E-state index contributed by atoms with van der Waals surface area (Å²) in [6, 6.07) is 12.9. The Morgan fingerprint density at radius 3 is 2.64 bits per heavy atom. The van der Waals surface area contributed by atoms with Crippen LogP contribution < -0.4 is 4.72 Å². The number of ketones is 1. The molecule has 3 heterocycles. The van der Waals surface area contributed by atoms with Crippen LogP contribution in [0.3, 0.4) is 0 Å². The van der Waals surface area contributed by atoms with Crippen molar-refractivity contribution in [2.45, 2.75) is 108 Å². The smallest absolute Gasteiger partial charge is 0.410 e. The molecule has 7 rings (SSSR count). The van der Waals surface area contributed by atoms with Gasteiger partial charge in [-0.1, -0.05) is 49.3 Å². The fraction of sp³-hybridized carbons (Fsp3) is 0.525. The van der Waals surface area contributed by atoms with E-state index < -0.39 is 61.8 Å². The first-order valence-corrected chi connectivity index (χ1v) is 20.1. The molecule has 2 saturated carbocycles. The van der Waals surface area contributed by atoms with Gasteiger partial charge in [-0.3, -0.25) is 24.0 Å². The maximum Gasteiger partial charge on any atom is 0.410 e. The normalized spacial score (nSPS) is 28.7. The number of rotatable bonds is 6. The first kappa shape index (κ1) is 36.8. The topological polar surface area (TPSA) is 154 Å². The summed E-state index contributed by atoms with van der Waals surface area (Å²) in [5, 5.41) is 9.49. The summed E-state index contributed by atoms with van der Waals surface area (Å²) < 4.78 is 47.9. The van der Waals surface area contributed by atoms with Gasteiger partial charge in [-0.15, -0.1) is 0 Å². The molecule has 0 spiro atoms. The number of hydrogen-bond acceptors (Lipinski definition) is 8. The molecule has 0 bridgehead atoms. The number of carbonyl (C=O) groups excluding carboxylic acids is 4. The third-order valence-corrected chi connectivity index (χ3v) is 14.1. The largest absolute Gasteiger partial charge is 0.444 e. The maximum atomic E-state index is 14.6. The van der Waals surface area contributed by atoms with Crippen molar-refractivity contribution in [3.8, 4) is 6.07 Å². The fourth-order valence-electron chi connectivity index (χ4n) is 8.20. The van der Waals surface area contributed by atoms with E-state index in [9.17, 15) is 37.2 Å². The van der Waals surface area contributed by atoms with Crippen molar-refractivity contribution in [3.63, 3.8) is 0 Å². The second-order valence-electron chi connectivity index (χ2n) is 15.8. The molecular formula is C40H45FN4O7S. The average molecular weight is 745 g/mol. The standard InChI is InChI=1S/C40H45FN4O7S/c1-39(15-16-39)53(50,51)43-37(48)40-20-30(40)13-6-4-2-3-5-11-28(18-26-9-7-10-27(17-26)22-42)36(47)45-24-31(19-34(45)35(46)21-40)52-38(49)44-23-29-12-8-14-33(41)32(29)25-44/h6-10,12-14,17,28,30-31,34H,2-5,11,15-16,18-21,23-25H2,1H3,(H,43,48)/b13-6-/t28-,30-,31-,34+,40-/m1/s1. The van der Waals surface area contributed by atoms with Gasteiger partial charge in [-0.2, -0.15) is 5.26 Å². The molecule has 2 aliphatic carbocycles. The lowest BCUT2D eigenvalue weighted by Crippen LogP contribution is -2.47. The van der Waals surface area contributed by atoms with Crippen LogP contribution in [0.4, 0.5) is 9.18 Å². The predicted molar refractivity (Wildman–Crippen MR) is 191 cm³/mol. The SMILES string of the molecule is CC1(S(=O)(=O)NC(=O)[C@]23CC(=O)[C@@H]4C[C@@H](OC(=O)N5Cc6cccc(F)c6C5)CN4C(=O)[C@@H](Cc4cccc(C#N)c4)CCCCC/C=C\[C@@H]2C3)CC1. The van der Waals surface area contributed by atoms with E-state index in [0.717, 1.165) is 31.2 Å². The Morgan fingerprint density at radius 2 is 1.89 bits per heavy atom. The number of allylic oxidation sites excluding steroid dienone is 2. The van der Waals surface area contributed by atoms with E-state index in [4.69, 9.17) is 4.74 Å². The van der Waals surface area contributed by atoms with Crippen molar-refractivity contribution in [1.82, 2.24) is 14.5 Å². The van der Waals surface area contributed by atoms with Gasteiger partial charge in [0, 0.05) is 30.9 Å². The van der Waals surface area contributed by atoms with Crippen LogP contribution in [-0.4, -0.2) is 65.3 Å². The molecule has 1 N–H and O–H groups in total. The van der Waals surface area contributed by atoms with Crippen molar-refractivity contribution < 1.29 is 36.7 Å². The average Bonchev–Trinajstić information content (AvgIpc) is 3.92. The number of ether oxygens (including phenoxy) is 1. The molecule has 0 radical (unpaired) electrons. The molecule has 0 aromatic heterocycles. The Balaban J connectivity index is 1.16. The van der Waals surface area contributed by atoms with Crippen molar-refractivity contribution in [3.05, 3.63) is 82.7 Å². The monoisotopic (exact) mass is 744 g/mol. The number of sulfonamides is 1. The molecule has 5 atom stereocenters. The number of carbonyl (C=O) groups is 4. The Bertz CT molecular complexity index is 2010. The molecule has 3 amide bonds. The quantitative estimate of drug-likeness (QED) is 0.383. The number of amides is 3. The molecule has 3 fully saturated rings. The van der Waals surface area contributed by atoms with E-state index in [2.05, 4.69) is 10.8 Å². The van der Waals surface area contributed by atoms with Crippen molar-refractivity contribution in [1.29, 1.82) is 5.26 Å². The molecule has 53 heavy (non-hydrogen) atoms. The molecule has 2 aromatic rings. The van der Waals surface area contributed by atoms with Gasteiger partial charge in [0.2, 0.25) is 21.8 Å². The van der Waals surface area contributed by atoms with E-state index in [1.54, 1.807) is 37.3 Å². The molecule has 5 aliphatic rings. The van der Waals surface area contributed by atoms with Crippen molar-refractivity contribution >= 4 is 33.7 Å². The van der Waals surface area contributed by atoms with Crippen LogP contribution >= 0.6 is 0 Å². The van der Waals surface area contributed by atoms with Gasteiger partial charge in [0.15, 0.2) is 5.78 Å². The number of benzene rings is 2. The molecule has 2 aromatic carbocycles. The van der Waals surface area contributed by atoms with Gasteiger partial charge in [0.25, 0.3) is 0 Å². The van der Waals surface area contributed by atoms with Crippen LogP contribution in [0.5, 0.6) is 0 Å². The van der Waals surface area contributed by atoms with Crippen LogP contribution in [0.2, 0.25) is 0 Å². The highest BCUT2D eigenvalue weighted by Gasteiger charge is 2.62. The Labute approximate surface area is 309 Å². The summed E-state index contributed by atoms with van der Waals surface area (Å²) in [6.45, 7) is 1.76. The zero-order chi connectivity index (χ0) is 37.5. The summed E-state index contributed by atoms with van der Waals surface area (Å²) in [4.78, 5) is 59.2. The third-order valence-electron chi connectivity index (χ3n) is 12.0.